The van der Waals surface area contributed by atoms with Crippen LogP contribution in [0.5, 0.6) is 0 Å². The fraction of sp³-hybridized carbons (Fsp3) is 0.222. The first kappa shape index (κ1) is 11.4. The number of hydrogen-bond acceptors (Lipinski definition) is 4. The molecule has 6 heteroatoms. The minimum Gasteiger partial charge on any atom is -0.275 e. The number of hydrazine groups is 2. The van der Waals surface area contributed by atoms with E-state index in [1.54, 1.807) is 7.05 Å². The van der Waals surface area contributed by atoms with Crippen LogP contribution in [0.4, 0.5) is 4.79 Å². The lowest BCUT2D eigenvalue weighted by Gasteiger charge is -2.16. The van der Waals surface area contributed by atoms with Gasteiger partial charge in [0.25, 0.3) is 0 Å². The molecular weight excluding hydrogens is 196 g/mol. The Hall–Kier alpha value is -1.63. The van der Waals surface area contributed by atoms with Crippen molar-refractivity contribution in [3.05, 3.63) is 35.9 Å². The van der Waals surface area contributed by atoms with E-state index in [-0.39, 0.29) is 0 Å². The molecule has 0 radical (unpaired) electrons. The maximum absolute atomic E-state index is 10.8. The van der Waals surface area contributed by atoms with E-state index in [1.807, 2.05) is 35.8 Å². The fourth-order valence-electron chi connectivity index (χ4n) is 0.953. The van der Waals surface area contributed by atoms with Crippen molar-refractivity contribution in [3.8, 4) is 0 Å². The number of rotatable bonds is 4. The molecule has 15 heavy (non-hydrogen) atoms. The first-order valence-electron chi connectivity index (χ1n) is 4.40. The summed E-state index contributed by atoms with van der Waals surface area (Å²) in [6, 6.07) is 9.07. The molecule has 4 N–H and O–H groups in total. The second-order valence-corrected chi connectivity index (χ2v) is 2.84. The van der Waals surface area contributed by atoms with Crippen LogP contribution >= 0.6 is 0 Å². The Morgan fingerprint density at radius 3 is 2.73 bits per heavy atom. The Kier molecular flexibility index (Phi) is 4.55. The highest BCUT2D eigenvalue weighted by Crippen LogP contribution is 2.00. The number of amides is 2. The number of nitrogens with two attached hydrogens (primary N) is 1. The van der Waals surface area contributed by atoms with Crippen LogP contribution in [-0.4, -0.2) is 18.3 Å². The minimum atomic E-state index is -0.537. The van der Waals surface area contributed by atoms with Gasteiger partial charge in [-0.1, -0.05) is 30.3 Å². The number of benzene rings is 1. The first-order chi connectivity index (χ1) is 7.22. The van der Waals surface area contributed by atoms with E-state index in [9.17, 15) is 4.79 Å². The van der Waals surface area contributed by atoms with Crippen LogP contribution < -0.4 is 16.7 Å². The van der Waals surface area contributed by atoms with Crippen molar-refractivity contribution >= 4 is 6.03 Å². The monoisotopic (exact) mass is 210 g/mol. The topological polar surface area (TPSA) is 79.6 Å². The number of nitrogens with zero attached hydrogens (tertiary/aromatic N) is 1. The zero-order valence-corrected chi connectivity index (χ0v) is 8.43. The summed E-state index contributed by atoms with van der Waals surface area (Å²) in [5, 5.41) is 1.19. The molecule has 0 heterocycles. The molecule has 1 aromatic carbocycles. The fourth-order valence-corrected chi connectivity index (χ4v) is 0.953. The van der Waals surface area contributed by atoms with Crippen molar-refractivity contribution < 1.29 is 9.63 Å². The molecule has 0 atom stereocenters. The first-order valence-corrected chi connectivity index (χ1v) is 4.40. The molecule has 0 bridgehead atoms. The van der Waals surface area contributed by atoms with Crippen molar-refractivity contribution in [2.75, 3.05) is 7.05 Å². The highest BCUT2D eigenvalue weighted by atomic mass is 16.7. The van der Waals surface area contributed by atoms with Crippen molar-refractivity contribution in [2.24, 2.45) is 5.84 Å². The van der Waals surface area contributed by atoms with Gasteiger partial charge in [0.05, 0.1) is 6.61 Å². The maximum Gasteiger partial charge on any atom is 0.345 e. The zero-order valence-electron chi connectivity index (χ0n) is 8.43. The number of urea groups is 1. The van der Waals surface area contributed by atoms with Gasteiger partial charge in [-0.15, -0.1) is 5.17 Å². The van der Waals surface area contributed by atoms with Gasteiger partial charge in [-0.2, -0.15) is 0 Å². The molecule has 1 rings (SSSR count). The molecule has 6 nitrogen and oxygen atoms in total. The third-order valence-corrected chi connectivity index (χ3v) is 1.66. The molecule has 0 saturated heterocycles. The van der Waals surface area contributed by atoms with Crippen molar-refractivity contribution in [1.82, 2.24) is 16.0 Å². The Morgan fingerprint density at radius 2 is 2.13 bits per heavy atom. The van der Waals surface area contributed by atoms with Crippen molar-refractivity contribution in [1.29, 1.82) is 0 Å². The number of nitrogens with one attached hydrogen (secondary N) is 2. The van der Waals surface area contributed by atoms with Crippen LogP contribution in [0.15, 0.2) is 30.3 Å². The summed E-state index contributed by atoms with van der Waals surface area (Å²) in [6.07, 6.45) is 0. The Bertz CT molecular complexity index is 304. The van der Waals surface area contributed by atoms with E-state index in [0.717, 1.165) is 5.56 Å². The van der Waals surface area contributed by atoms with E-state index >= 15 is 0 Å². The van der Waals surface area contributed by atoms with Gasteiger partial charge in [0.2, 0.25) is 0 Å². The molecule has 2 amide bonds. The van der Waals surface area contributed by atoms with Crippen LogP contribution in [-0.2, 0) is 11.4 Å². The van der Waals surface area contributed by atoms with Crippen LogP contribution in [0.1, 0.15) is 5.56 Å². The highest BCUT2D eigenvalue weighted by molar-refractivity contribution is 5.72. The van der Waals surface area contributed by atoms with Gasteiger partial charge in [0, 0.05) is 7.05 Å². The van der Waals surface area contributed by atoms with Gasteiger partial charge >= 0.3 is 6.03 Å². The third kappa shape index (κ3) is 4.41. The Balaban J connectivity index is 2.28. The zero-order chi connectivity index (χ0) is 11.1. The molecule has 0 spiro atoms. The van der Waals surface area contributed by atoms with Gasteiger partial charge in [-0.25, -0.2) is 16.1 Å². The van der Waals surface area contributed by atoms with Gasteiger partial charge in [-0.3, -0.25) is 10.3 Å². The number of carbonyl (C=O) groups is 1. The van der Waals surface area contributed by atoms with E-state index in [0.29, 0.717) is 6.61 Å². The van der Waals surface area contributed by atoms with Gasteiger partial charge in [0.15, 0.2) is 0 Å². The van der Waals surface area contributed by atoms with E-state index < -0.39 is 6.03 Å². The average molecular weight is 210 g/mol. The molecule has 0 aliphatic heterocycles. The molecule has 0 unspecified atom stereocenters. The highest BCUT2D eigenvalue weighted by Gasteiger charge is 2.02. The summed E-state index contributed by atoms with van der Waals surface area (Å²) < 4.78 is 0. The Labute approximate surface area is 87.9 Å². The lowest BCUT2D eigenvalue weighted by atomic mass is 10.2. The quantitative estimate of drug-likeness (QED) is 0.375. The predicted molar refractivity (Wildman–Crippen MR) is 54.8 cm³/mol. The van der Waals surface area contributed by atoms with Crippen LogP contribution in [0.3, 0.4) is 0 Å². The number of carbonyl (C=O) groups excluding carboxylic acids is 1. The summed E-state index contributed by atoms with van der Waals surface area (Å²) in [6.45, 7) is 0.377. The van der Waals surface area contributed by atoms with E-state index in [2.05, 4.69) is 5.43 Å². The molecule has 0 aromatic heterocycles. The Morgan fingerprint density at radius 1 is 1.47 bits per heavy atom. The molecule has 1 aromatic rings. The smallest absolute Gasteiger partial charge is 0.275 e. The second kappa shape index (κ2) is 5.97. The summed E-state index contributed by atoms with van der Waals surface area (Å²) in [5.74, 6) is 4.88. The molecule has 0 aliphatic rings. The summed E-state index contributed by atoms with van der Waals surface area (Å²) in [5.41, 5.74) is 5.27. The average Bonchev–Trinajstić information content (AvgIpc) is 2.27. The second-order valence-electron chi connectivity index (χ2n) is 2.84. The molecule has 82 valence electrons. The summed E-state index contributed by atoms with van der Waals surface area (Å²) >= 11 is 0. The molecule has 0 aliphatic carbocycles. The standard InChI is InChI=1S/C9H14N4O2/c1-13(12-9(14)11-10)15-7-8-5-3-2-4-6-8/h2-6H,7,10H2,1H3,(H2,11,12,14). The van der Waals surface area contributed by atoms with E-state index in [1.165, 1.54) is 5.17 Å². The third-order valence-electron chi connectivity index (χ3n) is 1.66. The minimum absolute atomic E-state index is 0.377. The lowest BCUT2D eigenvalue weighted by molar-refractivity contribution is -0.175. The molecule has 0 fully saturated rings. The van der Waals surface area contributed by atoms with Gasteiger partial charge < -0.3 is 0 Å². The normalized spacial score (nSPS) is 10.1. The summed E-state index contributed by atoms with van der Waals surface area (Å²) in [4.78, 5) is 16.0. The maximum atomic E-state index is 10.8. The van der Waals surface area contributed by atoms with Crippen molar-refractivity contribution in [3.63, 3.8) is 0 Å². The lowest BCUT2D eigenvalue weighted by Crippen LogP contribution is -2.47. The number of hydrogen-bond donors (Lipinski definition) is 3. The van der Waals surface area contributed by atoms with Crippen LogP contribution in [0.25, 0.3) is 0 Å². The van der Waals surface area contributed by atoms with Crippen LogP contribution in [0, 0.1) is 0 Å². The van der Waals surface area contributed by atoms with Crippen molar-refractivity contribution in [2.45, 2.75) is 6.61 Å². The van der Waals surface area contributed by atoms with Gasteiger partial charge in [-0.05, 0) is 5.56 Å². The summed E-state index contributed by atoms with van der Waals surface area (Å²) in [7, 11) is 1.57. The van der Waals surface area contributed by atoms with Gasteiger partial charge in [0.1, 0.15) is 0 Å². The number of hydroxylamine groups is 1. The van der Waals surface area contributed by atoms with E-state index in [4.69, 9.17) is 10.7 Å². The SMILES string of the molecule is CN(NC(=O)NN)OCc1ccccc1. The van der Waals surface area contributed by atoms with Crippen LogP contribution in [0.2, 0.25) is 0 Å². The largest absolute Gasteiger partial charge is 0.345 e. The molecular formula is C9H14N4O2. The predicted octanol–water partition coefficient (Wildman–Crippen LogP) is 0.138. The molecule has 0 saturated carbocycles.